The number of benzene rings is 1. The van der Waals surface area contributed by atoms with Crippen LogP contribution in [0.2, 0.25) is 0 Å². The molecule has 1 amide bonds. The zero-order valence-corrected chi connectivity index (χ0v) is 9.95. The molecule has 1 fully saturated rings. The number of piperidine rings is 1. The van der Waals surface area contributed by atoms with E-state index in [2.05, 4.69) is 5.32 Å². The first kappa shape index (κ1) is 11.9. The maximum absolute atomic E-state index is 12.7. The highest BCUT2D eigenvalue weighted by molar-refractivity contribution is 5.73. The molecule has 1 saturated heterocycles. The van der Waals surface area contributed by atoms with Crippen molar-refractivity contribution < 1.29 is 9.18 Å². The molecule has 3 nitrogen and oxygen atoms in total. The molecule has 0 spiro atoms. The highest BCUT2D eigenvalue weighted by Gasteiger charge is 2.20. The molecule has 1 aromatic carbocycles. The van der Waals surface area contributed by atoms with E-state index in [1.807, 2.05) is 4.90 Å². The SMILES string of the molecule is CC(=O)N1CCC(Nc2ccc(F)cc2)CC1. The van der Waals surface area contributed by atoms with Crippen LogP contribution in [0.1, 0.15) is 19.8 Å². The molecular formula is C13H17FN2O. The molecule has 1 aliphatic heterocycles. The standard InChI is InChI=1S/C13H17FN2O/c1-10(17)16-8-6-13(7-9-16)15-12-4-2-11(14)3-5-12/h2-5,13,15H,6-9H2,1H3. The Morgan fingerprint density at radius 2 is 1.88 bits per heavy atom. The maximum atomic E-state index is 12.7. The summed E-state index contributed by atoms with van der Waals surface area (Å²) in [4.78, 5) is 13.0. The molecule has 0 radical (unpaired) electrons. The third-order valence-corrected chi connectivity index (χ3v) is 3.16. The van der Waals surface area contributed by atoms with Crippen molar-refractivity contribution in [2.24, 2.45) is 0 Å². The highest BCUT2D eigenvalue weighted by Crippen LogP contribution is 2.16. The zero-order valence-electron chi connectivity index (χ0n) is 9.95. The molecular weight excluding hydrogens is 219 g/mol. The molecule has 1 heterocycles. The fraction of sp³-hybridized carbons (Fsp3) is 0.462. The summed E-state index contributed by atoms with van der Waals surface area (Å²) in [5, 5.41) is 3.36. The summed E-state index contributed by atoms with van der Waals surface area (Å²) in [7, 11) is 0. The highest BCUT2D eigenvalue weighted by atomic mass is 19.1. The predicted octanol–water partition coefficient (Wildman–Crippen LogP) is 2.25. The van der Waals surface area contributed by atoms with E-state index in [1.54, 1.807) is 19.1 Å². The van der Waals surface area contributed by atoms with Crippen LogP contribution in [-0.2, 0) is 4.79 Å². The van der Waals surface area contributed by atoms with Gasteiger partial charge in [0.25, 0.3) is 0 Å². The van der Waals surface area contributed by atoms with Gasteiger partial charge in [0, 0.05) is 31.7 Å². The largest absolute Gasteiger partial charge is 0.382 e. The number of rotatable bonds is 2. The van der Waals surface area contributed by atoms with Crippen LogP contribution in [0.25, 0.3) is 0 Å². The Labute approximate surface area is 101 Å². The van der Waals surface area contributed by atoms with E-state index in [1.165, 1.54) is 12.1 Å². The van der Waals surface area contributed by atoms with Crippen LogP contribution < -0.4 is 5.32 Å². The second-order valence-corrected chi connectivity index (χ2v) is 4.43. The minimum atomic E-state index is -0.220. The van der Waals surface area contributed by atoms with E-state index in [9.17, 15) is 9.18 Å². The zero-order chi connectivity index (χ0) is 12.3. The molecule has 1 N–H and O–H groups in total. The molecule has 0 atom stereocenters. The van der Waals surface area contributed by atoms with Gasteiger partial charge in [-0.15, -0.1) is 0 Å². The summed E-state index contributed by atoms with van der Waals surface area (Å²) in [6.45, 7) is 3.20. The topological polar surface area (TPSA) is 32.3 Å². The second kappa shape index (κ2) is 5.17. The van der Waals surface area contributed by atoms with Crippen molar-refractivity contribution >= 4 is 11.6 Å². The van der Waals surface area contributed by atoms with Crippen molar-refractivity contribution in [2.75, 3.05) is 18.4 Å². The number of carbonyl (C=O) groups excluding carboxylic acids is 1. The van der Waals surface area contributed by atoms with Crippen LogP contribution in [0, 0.1) is 5.82 Å². The summed E-state index contributed by atoms with van der Waals surface area (Å²) < 4.78 is 12.7. The number of carbonyl (C=O) groups is 1. The number of hydrogen-bond donors (Lipinski definition) is 1. The van der Waals surface area contributed by atoms with Crippen molar-refractivity contribution in [1.82, 2.24) is 4.90 Å². The Bertz CT molecular complexity index is 383. The summed E-state index contributed by atoms with van der Waals surface area (Å²) in [6, 6.07) is 6.76. The van der Waals surface area contributed by atoms with Gasteiger partial charge in [0.15, 0.2) is 0 Å². The van der Waals surface area contributed by atoms with Gasteiger partial charge in [-0.25, -0.2) is 4.39 Å². The van der Waals surface area contributed by atoms with Gasteiger partial charge in [-0.1, -0.05) is 0 Å². The Morgan fingerprint density at radius 1 is 1.29 bits per heavy atom. The average molecular weight is 236 g/mol. The maximum Gasteiger partial charge on any atom is 0.219 e. The minimum Gasteiger partial charge on any atom is -0.382 e. The number of hydrogen-bond acceptors (Lipinski definition) is 2. The first-order valence-corrected chi connectivity index (χ1v) is 5.93. The number of amides is 1. The number of nitrogens with zero attached hydrogens (tertiary/aromatic N) is 1. The number of anilines is 1. The van der Waals surface area contributed by atoms with Crippen LogP contribution in [0.3, 0.4) is 0 Å². The Morgan fingerprint density at radius 3 is 2.41 bits per heavy atom. The molecule has 92 valence electrons. The fourth-order valence-corrected chi connectivity index (χ4v) is 2.12. The van der Waals surface area contributed by atoms with Gasteiger partial charge < -0.3 is 10.2 Å². The number of nitrogens with one attached hydrogen (secondary N) is 1. The summed E-state index contributed by atoms with van der Waals surface area (Å²) in [5.74, 6) is -0.0767. The molecule has 1 aromatic rings. The predicted molar refractivity (Wildman–Crippen MR) is 65.3 cm³/mol. The fourth-order valence-electron chi connectivity index (χ4n) is 2.12. The van der Waals surface area contributed by atoms with Gasteiger partial charge in [-0.3, -0.25) is 4.79 Å². The van der Waals surface area contributed by atoms with Crippen molar-refractivity contribution in [3.05, 3.63) is 30.1 Å². The first-order valence-electron chi connectivity index (χ1n) is 5.93. The molecule has 0 aromatic heterocycles. The van der Waals surface area contributed by atoms with Gasteiger partial charge in [-0.2, -0.15) is 0 Å². The molecule has 4 heteroatoms. The summed E-state index contributed by atoms with van der Waals surface area (Å²) in [5.41, 5.74) is 0.938. The lowest BCUT2D eigenvalue weighted by molar-refractivity contribution is -0.129. The second-order valence-electron chi connectivity index (χ2n) is 4.43. The van der Waals surface area contributed by atoms with E-state index >= 15 is 0 Å². The van der Waals surface area contributed by atoms with E-state index in [0.29, 0.717) is 6.04 Å². The average Bonchev–Trinajstić information content (AvgIpc) is 2.33. The van der Waals surface area contributed by atoms with E-state index in [4.69, 9.17) is 0 Å². The molecule has 17 heavy (non-hydrogen) atoms. The Hall–Kier alpha value is -1.58. The Kier molecular flexibility index (Phi) is 3.61. The minimum absolute atomic E-state index is 0.144. The lowest BCUT2D eigenvalue weighted by Gasteiger charge is -2.32. The summed E-state index contributed by atoms with van der Waals surface area (Å²) in [6.07, 6.45) is 1.88. The van der Waals surface area contributed by atoms with Crippen molar-refractivity contribution in [1.29, 1.82) is 0 Å². The van der Waals surface area contributed by atoms with Crippen LogP contribution in [0.5, 0.6) is 0 Å². The quantitative estimate of drug-likeness (QED) is 0.854. The van der Waals surface area contributed by atoms with E-state index in [0.717, 1.165) is 31.6 Å². The monoisotopic (exact) mass is 236 g/mol. The van der Waals surface area contributed by atoms with Crippen LogP contribution in [-0.4, -0.2) is 29.9 Å². The van der Waals surface area contributed by atoms with Crippen molar-refractivity contribution in [2.45, 2.75) is 25.8 Å². The first-order chi connectivity index (χ1) is 8.15. The molecule has 2 rings (SSSR count). The van der Waals surface area contributed by atoms with Crippen LogP contribution >= 0.6 is 0 Å². The van der Waals surface area contributed by atoms with Gasteiger partial charge in [0.05, 0.1) is 0 Å². The molecule has 0 saturated carbocycles. The molecule has 0 aliphatic carbocycles. The number of halogens is 1. The van der Waals surface area contributed by atoms with Crippen molar-refractivity contribution in [3.8, 4) is 0 Å². The van der Waals surface area contributed by atoms with Gasteiger partial charge >= 0.3 is 0 Å². The van der Waals surface area contributed by atoms with Gasteiger partial charge in [0.1, 0.15) is 5.82 Å². The summed E-state index contributed by atoms with van der Waals surface area (Å²) >= 11 is 0. The molecule has 0 bridgehead atoms. The van der Waals surface area contributed by atoms with Crippen molar-refractivity contribution in [3.63, 3.8) is 0 Å². The lowest BCUT2D eigenvalue weighted by Crippen LogP contribution is -2.41. The van der Waals surface area contributed by atoms with E-state index in [-0.39, 0.29) is 11.7 Å². The third kappa shape index (κ3) is 3.19. The van der Waals surface area contributed by atoms with Crippen LogP contribution in [0.15, 0.2) is 24.3 Å². The Balaban J connectivity index is 1.85. The smallest absolute Gasteiger partial charge is 0.219 e. The lowest BCUT2D eigenvalue weighted by atomic mass is 10.0. The van der Waals surface area contributed by atoms with Crippen LogP contribution in [0.4, 0.5) is 10.1 Å². The van der Waals surface area contributed by atoms with Gasteiger partial charge in [-0.05, 0) is 37.1 Å². The molecule has 1 aliphatic rings. The van der Waals surface area contributed by atoms with E-state index < -0.39 is 0 Å². The third-order valence-electron chi connectivity index (χ3n) is 3.16. The van der Waals surface area contributed by atoms with Gasteiger partial charge in [0.2, 0.25) is 5.91 Å². The normalized spacial score (nSPS) is 16.9. The molecule has 0 unspecified atom stereocenters. The number of likely N-dealkylation sites (tertiary alicyclic amines) is 1.